The van der Waals surface area contributed by atoms with Crippen LogP contribution in [0.5, 0.6) is 0 Å². The number of hydrogen-bond donors (Lipinski definition) is 1. The molecule has 0 aliphatic rings. The van der Waals surface area contributed by atoms with Crippen molar-refractivity contribution in [1.29, 1.82) is 0 Å². The van der Waals surface area contributed by atoms with Crippen LogP contribution in [0.3, 0.4) is 0 Å². The van der Waals surface area contributed by atoms with Gasteiger partial charge in [0, 0.05) is 14.1 Å². The van der Waals surface area contributed by atoms with E-state index in [1.54, 1.807) is 31.6 Å². The lowest BCUT2D eigenvalue weighted by molar-refractivity contribution is -0.115. The van der Waals surface area contributed by atoms with Gasteiger partial charge in [-0.15, -0.1) is 11.3 Å². The number of aromatic carboxylic acids is 1. The second kappa shape index (κ2) is 6.19. The van der Waals surface area contributed by atoms with Gasteiger partial charge in [-0.2, -0.15) is 0 Å². The van der Waals surface area contributed by atoms with Crippen molar-refractivity contribution in [1.82, 2.24) is 4.90 Å². The Labute approximate surface area is 80.4 Å². The van der Waals surface area contributed by atoms with E-state index < -0.39 is 5.97 Å². The van der Waals surface area contributed by atoms with E-state index in [2.05, 4.69) is 0 Å². The van der Waals surface area contributed by atoms with Crippen LogP contribution in [-0.4, -0.2) is 36.5 Å². The van der Waals surface area contributed by atoms with E-state index in [4.69, 9.17) is 5.11 Å². The van der Waals surface area contributed by atoms with Crippen molar-refractivity contribution in [3.05, 3.63) is 22.4 Å². The molecule has 0 spiro atoms. The minimum absolute atomic E-state index is 0.394. The molecule has 1 heterocycles. The first-order valence-corrected chi connectivity index (χ1v) is 4.34. The lowest BCUT2D eigenvalue weighted by atomic mass is 10.5. The molecule has 1 aromatic heterocycles. The third-order valence-corrected chi connectivity index (χ3v) is 1.80. The van der Waals surface area contributed by atoms with E-state index in [0.717, 1.165) is 6.41 Å². The zero-order valence-electron chi connectivity index (χ0n) is 7.43. The Morgan fingerprint density at radius 2 is 2.15 bits per heavy atom. The summed E-state index contributed by atoms with van der Waals surface area (Å²) in [6.45, 7) is 0. The number of carbonyl (C=O) groups excluding carboxylic acids is 1. The summed E-state index contributed by atoms with van der Waals surface area (Å²) in [5.74, 6) is -0.847. The number of rotatable bonds is 2. The molecule has 0 radical (unpaired) electrons. The predicted octanol–water partition coefficient (Wildman–Crippen LogP) is 1.15. The summed E-state index contributed by atoms with van der Waals surface area (Å²) in [6.07, 6.45) is 0.750. The molecule has 1 N–H and O–H groups in total. The second-order valence-corrected chi connectivity index (χ2v) is 3.30. The summed E-state index contributed by atoms with van der Waals surface area (Å²) in [6, 6.07) is 3.29. The van der Waals surface area contributed by atoms with Crippen LogP contribution < -0.4 is 0 Å². The van der Waals surface area contributed by atoms with Crippen molar-refractivity contribution in [2.45, 2.75) is 0 Å². The molecule has 0 atom stereocenters. The number of carboxylic acids is 1. The van der Waals surface area contributed by atoms with Gasteiger partial charge in [0.1, 0.15) is 4.88 Å². The molecule has 0 fully saturated rings. The maximum Gasteiger partial charge on any atom is 0.345 e. The zero-order chi connectivity index (χ0) is 10.3. The van der Waals surface area contributed by atoms with Crippen LogP contribution in [0, 0.1) is 0 Å². The SMILES string of the molecule is CN(C)C=O.O=C(O)c1cccs1. The van der Waals surface area contributed by atoms with Crippen LogP contribution in [0.15, 0.2) is 17.5 Å². The molecule has 0 unspecified atom stereocenters. The van der Waals surface area contributed by atoms with Crippen LogP contribution in [0.25, 0.3) is 0 Å². The number of amides is 1. The van der Waals surface area contributed by atoms with E-state index in [-0.39, 0.29) is 0 Å². The molecular weight excluding hydrogens is 190 g/mol. The largest absolute Gasteiger partial charge is 0.477 e. The van der Waals surface area contributed by atoms with Gasteiger partial charge < -0.3 is 10.0 Å². The average molecular weight is 201 g/mol. The fourth-order valence-electron chi connectivity index (χ4n) is 0.400. The highest BCUT2D eigenvalue weighted by Gasteiger charge is 1.99. The van der Waals surface area contributed by atoms with Crippen molar-refractivity contribution in [3.8, 4) is 0 Å². The van der Waals surface area contributed by atoms with Crippen LogP contribution in [0.2, 0.25) is 0 Å². The Morgan fingerprint density at radius 1 is 1.62 bits per heavy atom. The molecule has 1 amide bonds. The predicted molar refractivity (Wildman–Crippen MR) is 51.0 cm³/mol. The van der Waals surface area contributed by atoms with E-state index >= 15 is 0 Å². The van der Waals surface area contributed by atoms with E-state index in [1.807, 2.05) is 0 Å². The average Bonchev–Trinajstić information content (AvgIpc) is 2.57. The number of hydrogen-bond acceptors (Lipinski definition) is 3. The Hall–Kier alpha value is -1.36. The molecular formula is C8H11NO3S. The van der Waals surface area contributed by atoms with E-state index in [1.165, 1.54) is 16.2 Å². The highest BCUT2D eigenvalue weighted by Crippen LogP contribution is 2.06. The van der Waals surface area contributed by atoms with Crippen molar-refractivity contribution in [3.63, 3.8) is 0 Å². The molecule has 1 aromatic rings. The zero-order valence-corrected chi connectivity index (χ0v) is 8.25. The highest BCUT2D eigenvalue weighted by molar-refractivity contribution is 7.11. The van der Waals surface area contributed by atoms with Crippen molar-refractivity contribution in [2.24, 2.45) is 0 Å². The topological polar surface area (TPSA) is 57.6 Å². The number of carbonyl (C=O) groups is 2. The molecule has 0 aromatic carbocycles. The summed E-state index contributed by atoms with van der Waals surface area (Å²) in [7, 11) is 3.38. The molecule has 0 aliphatic heterocycles. The fourth-order valence-corrected chi connectivity index (χ4v) is 0.962. The van der Waals surface area contributed by atoms with Gasteiger partial charge in [-0.25, -0.2) is 4.79 Å². The van der Waals surface area contributed by atoms with Gasteiger partial charge in [0.15, 0.2) is 0 Å². The van der Waals surface area contributed by atoms with Gasteiger partial charge in [-0.3, -0.25) is 4.79 Å². The molecule has 72 valence electrons. The molecule has 0 bridgehead atoms. The van der Waals surface area contributed by atoms with Gasteiger partial charge in [-0.1, -0.05) is 6.07 Å². The quantitative estimate of drug-likeness (QED) is 0.730. The summed E-state index contributed by atoms with van der Waals surface area (Å²) in [4.78, 5) is 21.3. The van der Waals surface area contributed by atoms with E-state index in [9.17, 15) is 9.59 Å². The Morgan fingerprint density at radius 3 is 2.31 bits per heavy atom. The number of nitrogens with zero attached hydrogens (tertiary/aromatic N) is 1. The lowest BCUT2D eigenvalue weighted by Gasteiger charge is -1.93. The van der Waals surface area contributed by atoms with Gasteiger partial charge in [0.2, 0.25) is 6.41 Å². The highest BCUT2D eigenvalue weighted by atomic mass is 32.1. The molecule has 4 nitrogen and oxygen atoms in total. The summed E-state index contributed by atoms with van der Waals surface area (Å²) in [5, 5.41) is 10.0. The van der Waals surface area contributed by atoms with Gasteiger partial charge >= 0.3 is 5.97 Å². The molecule has 13 heavy (non-hydrogen) atoms. The first-order valence-electron chi connectivity index (χ1n) is 3.46. The molecule has 0 saturated carbocycles. The Kier molecular flexibility index (Phi) is 5.54. The summed E-state index contributed by atoms with van der Waals surface area (Å²) >= 11 is 1.23. The number of carboxylic acid groups (broad SMARTS) is 1. The third-order valence-electron chi connectivity index (χ3n) is 0.943. The minimum Gasteiger partial charge on any atom is -0.477 e. The van der Waals surface area contributed by atoms with Crippen molar-refractivity contribution < 1.29 is 14.7 Å². The molecule has 0 aliphatic carbocycles. The monoisotopic (exact) mass is 201 g/mol. The first-order chi connectivity index (χ1) is 6.07. The standard InChI is InChI=1S/C5H4O2S.C3H7NO/c6-5(7)4-2-1-3-8-4;1-4(2)3-5/h1-3H,(H,6,7);3H,1-2H3. The Balaban J connectivity index is 0.000000252. The lowest BCUT2D eigenvalue weighted by Crippen LogP contribution is -2.06. The van der Waals surface area contributed by atoms with Crippen molar-refractivity contribution in [2.75, 3.05) is 14.1 Å². The van der Waals surface area contributed by atoms with Crippen molar-refractivity contribution >= 4 is 23.7 Å². The summed E-state index contributed by atoms with van der Waals surface area (Å²) in [5.41, 5.74) is 0. The maximum atomic E-state index is 10.1. The maximum absolute atomic E-state index is 10.1. The van der Waals surface area contributed by atoms with Gasteiger partial charge in [0.25, 0.3) is 0 Å². The molecule has 0 saturated heterocycles. The smallest absolute Gasteiger partial charge is 0.345 e. The van der Waals surface area contributed by atoms with E-state index in [0.29, 0.717) is 4.88 Å². The minimum atomic E-state index is -0.847. The van der Waals surface area contributed by atoms with Crippen LogP contribution >= 0.6 is 11.3 Å². The Bertz CT molecular complexity index is 256. The molecule has 5 heteroatoms. The van der Waals surface area contributed by atoms with Crippen LogP contribution in [0.4, 0.5) is 0 Å². The van der Waals surface area contributed by atoms with Gasteiger partial charge in [-0.05, 0) is 11.4 Å². The molecule has 1 rings (SSSR count). The van der Waals surface area contributed by atoms with Crippen LogP contribution in [0.1, 0.15) is 9.67 Å². The van der Waals surface area contributed by atoms with Crippen LogP contribution in [-0.2, 0) is 4.79 Å². The fraction of sp³-hybridized carbons (Fsp3) is 0.250. The third kappa shape index (κ3) is 5.86. The second-order valence-electron chi connectivity index (χ2n) is 2.35. The first kappa shape index (κ1) is 11.6. The normalized spacial score (nSPS) is 8.15. The van der Waals surface area contributed by atoms with Gasteiger partial charge in [0.05, 0.1) is 0 Å². The summed E-state index contributed by atoms with van der Waals surface area (Å²) < 4.78 is 0. The number of thiophene rings is 1.